The van der Waals surface area contributed by atoms with E-state index >= 15 is 0 Å². The molecule has 0 aliphatic heterocycles. The molecule has 0 saturated carbocycles. The van der Waals surface area contributed by atoms with Gasteiger partial charge in [0.25, 0.3) is 0 Å². The highest BCUT2D eigenvalue weighted by Crippen LogP contribution is 2.13. The van der Waals surface area contributed by atoms with Crippen molar-refractivity contribution in [1.82, 2.24) is 15.0 Å². The van der Waals surface area contributed by atoms with Gasteiger partial charge in [-0.05, 0) is 32.0 Å². The van der Waals surface area contributed by atoms with Gasteiger partial charge in [0, 0.05) is 25.5 Å². The normalized spacial score (nSPS) is 10.3. The number of hydrogen-bond acceptors (Lipinski definition) is 5. The number of hydrogen-bond donors (Lipinski definition) is 1. The molecule has 0 fully saturated rings. The second-order valence-corrected chi connectivity index (χ2v) is 4.40. The molecule has 1 N–H and O–H groups in total. The predicted molar refractivity (Wildman–Crippen MR) is 77.3 cm³/mol. The topological polar surface area (TPSA) is 53.9 Å². The zero-order valence-corrected chi connectivity index (χ0v) is 11.6. The van der Waals surface area contributed by atoms with Gasteiger partial charge in [-0.3, -0.25) is 4.98 Å². The second-order valence-electron chi connectivity index (χ2n) is 4.40. The number of rotatable bonds is 5. The first-order valence-corrected chi connectivity index (χ1v) is 6.39. The predicted octanol–water partition coefficient (Wildman–Crippen LogP) is 2.25. The molecule has 100 valence electrons. The van der Waals surface area contributed by atoms with Crippen molar-refractivity contribution in [3.05, 3.63) is 41.9 Å². The average molecular weight is 257 g/mol. The number of nitrogens with zero attached hydrogens (tertiary/aromatic N) is 4. The molecule has 2 rings (SSSR count). The van der Waals surface area contributed by atoms with Crippen LogP contribution in [-0.4, -0.2) is 28.5 Å². The van der Waals surface area contributed by atoms with Crippen LogP contribution in [0.5, 0.6) is 0 Å². The summed E-state index contributed by atoms with van der Waals surface area (Å²) >= 11 is 0. The lowest BCUT2D eigenvalue weighted by molar-refractivity contribution is 0.854. The van der Waals surface area contributed by atoms with Gasteiger partial charge in [-0.25, -0.2) is 4.98 Å². The highest BCUT2D eigenvalue weighted by molar-refractivity contribution is 5.42. The Labute approximate surface area is 113 Å². The van der Waals surface area contributed by atoms with E-state index in [1.807, 2.05) is 45.2 Å². The molecule has 5 heteroatoms. The maximum atomic E-state index is 4.50. The summed E-state index contributed by atoms with van der Waals surface area (Å²) in [6, 6.07) is 7.94. The monoisotopic (exact) mass is 257 g/mol. The van der Waals surface area contributed by atoms with E-state index in [1.54, 1.807) is 6.20 Å². The SMILES string of the molecule is CCNc1nccc(N(C)Cc2cccc(C)n2)n1. The molecule has 5 nitrogen and oxygen atoms in total. The van der Waals surface area contributed by atoms with E-state index < -0.39 is 0 Å². The summed E-state index contributed by atoms with van der Waals surface area (Å²) in [5.74, 6) is 1.54. The first kappa shape index (κ1) is 13.3. The van der Waals surface area contributed by atoms with Gasteiger partial charge in [-0.1, -0.05) is 6.07 Å². The Hall–Kier alpha value is -2.17. The molecule has 2 heterocycles. The molecule has 0 amide bonds. The first-order valence-electron chi connectivity index (χ1n) is 6.39. The summed E-state index contributed by atoms with van der Waals surface area (Å²) in [7, 11) is 2.00. The number of aryl methyl sites for hydroxylation is 1. The van der Waals surface area contributed by atoms with Gasteiger partial charge >= 0.3 is 0 Å². The molecule has 0 atom stereocenters. The van der Waals surface area contributed by atoms with Gasteiger partial charge in [-0.2, -0.15) is 4.98 Å². The minimum Gasteiger partial charge on any atom is -0.354 e. The lowest BCUT2D eigenvalue weighted by atomic mass is 10.3. The fourth-order valence-corrected chi connectivity index (χ4v) is 1.82. The number of anilines is 2. The first-order chi connectivity index (χ1) is 9.19. The zero-order valence-electron chi connectivity index (χ0n) is 11.6. The number of nitrogens with one attached hydrogen (secondary N) is 1. The summed E-state index contributed by atoms with van der Waals surface area (Å²) in [6.45, 7) is 5.56. The molecule has 19 heavy (non-hydrogen) atoms. The van der Waals surface area contributed by atoms with E-state index in [2.05, 4.69) is 25.2 Å². The molecule has 0 radical (unpaired) electrons. The third-order valence-electron chi connectivity index (χ3n) is 2.71. The van der Waals surface area contributed by atoms with Gasteiger partial charge in [0.05, 0.1) is 12.2 Å². The fourth-order valence-electron chi connectivity index (χ4n) is 1.82. The molecule has 2 aromatic rings. The van der Waals surface area contributed by atoms with E-state index in [9.17, 15) is 0 Å². The highest BCUT2D eigenvalue weighted by atomic mass is 15.2. The minimum atomic E-state index is 0.657. The van der Waals surface area contributed by atoms with Gasteiger partial charge in [0.2, 0.25) is 5.95 Å². The quantitative estimate of drug-likeness (QED) is 0.890. The third-order valence-corrected chi connectivity index (χ3v) is 2.71. The van der Waals surface area contributed by atoms with Crippen molar-refractivity contribution < 1.29 is 0 Å². The Morgan fingerprint density at radius 1 is 1.21 bits per heavy atom. The van der Waals surface area contributed by atoms with E-state index in [0.29, 0.717) is 5.95 Å². The van der Waals surface area contributed by atoms with Crippen LogP contribution in [0.2, 0.25) is 0 Å². The summed E-state index contributed by atoms with van der Waals surface area (Å²) in [5, 5.41) is 3.11. The van der Waals surface area contributed by atoms with Gasteiger partial charge in [0.1, 0.15) is 5.82 Å². The Balaban J connectivity index is 2.11. The highest BCUT2D eigenvalue weighted by Gasteiger charge is 2.06. The second kappa shape index (κ2) is 6.13. The molecular weight excluding hydrogens is 238 g/mol. The number of aromatic nitrogens is 3. The van der Waals surface area contributed by atoms with Crippen molar-refractivity contribution in [2.24, 2.45) is 0 Å². The summed E-state index contributed by atoms with van der Waals surface area (Å²) in [5.41, 5.74) is 2.06. The van der Waals surface area contributed by atoms with Crippen molar-refractivity contribution in [2.75, 3.05) is 23.8 Å². The van der Waals surface area contributed by atoms with Crippen molar-refractivity contribution >= 4 is 11.8 Å². The molecular formula is C14H19N5. The molecule has 0 aliphatic rings. The van der Waals surface area contributed by atoms with E-state index in [4.69, 9.17) is 0 Å². The van der Waals surface area contributed by atoms with Crippen LogP contribution in [0.3, 0.4) is 0 Å². The van der Waals surface area contributed by atoms with Crippen LogP contribution in [0.4, 0.5) is 11.8 Å². The number of pyridine rings is 1. The Morgan fingerprint density at radius 2 is 2.05 bits per heavy atom. The van der Waals surface area contributed by atoms with Gasteiger partial charge in [-0.15, -0.1) is 0 Å². The van der Waals surface area contributed by atoms with Crippen molar-refractivity contribution in [1.29, 1.82) is 0 Å². The van der Waals surface area contributed by atoms with Crippen LogP contribution in [0.25, 0.3) is 0 Å². The van der Waals surface area contributed by atoms with Gasteiger partial charge < -0.3 is 10.2 Å². The van der Waals surface area contributed by atoms with E-state index in [-0.39, 0.29) is 0 Å². The molecule has 0 saturated heterocycles. The largest absolute Gasteiger partial charge is 0.354 e. The lowest BCUT2D eigenvalue weighted by Gasteiger charge is -2.18. The standard InChI is InChI=1S/C14H19N5/c1-4-15-14-16-9-8-13(18-14)19(3)10-12-7-5-6-11(2)17-12/h5-9H,4,10H2,1-3H3,(H,15,16,18). The maximum Gasteiger partial charge on any atom is 0.224 e. The van der Waals surface area contributed by atoms with Crippen LogP contribution in [0.1, 0.15) is 18.3 Å². The third kappa shape index (κ3) is 3.64. The Morgan fingerprint density at radius 3 is 2.79 bits per heavy atom. The van der Waals surface area contributed by atoms with Crippen molar-refractivity contribution in [3.8, 4) is 0 Å². The fraction of sp³-hybridized carbons (Fsp3) is 0.357. The summed E-state index contributed by atoms with van der Waals surface area (Å²) in [4.78, 5) is 15.2. The van der Waals surface area contributed by atoms with Crippen LogP contribution >= 0.6 is 0 Å². The van der Waals surface area contributed by atoms with Crippen molar-refractivity contribution in [2.45, 2.75) is 20.4 Å². The summed E-state index contributed by atoms with van der Waals surface area (Å²) < 4.78 is 0. The van der Waals surface area contributed by atoms with Crippen LogP contribution in [-0.2, 0) is 6.54 Å². The molecule has 0 aliphatic carbocycles. The summed E-state index contributed by atoms with van der Waals surface area (Å²) in [6.07, 6.45) is 1.76. The molecule has 2 aromatic heterocycles. The average Bonchev–Trinajstić information content (AvgIpc) is 2.39. The van der Waals surface area contributed by atoms with Crippen LogP contribution < -0.4 is 10.2 Å². The van der Waals surface area contributed by atoms with Crippen molar-refractivity contribution in [3.63, 3.8) is 0 Å². The van der Waals surface area contributed by atoms with Crippen LogP contribution in [0.15, 0.2) is 30.5 Å². The van der Waals surface area contributed by atoms with Gasteiger partial charge in [0.15, 0.2) is 0 Å². The van der Waals surface area contributed by atoms with Crippen LogP contribution in [0, 0.1) is 6.92 Å². The Bertz CT molecular complexity index is 541. The lowest BCUT2D eigenvalue weighted by Crippen LogP contribution is -2.19. The van der Waals surface area contributed by atoms with E-state index in [0.717, 1.165) is 30.3 Å². The van der Waals surface area contributed by atoms with E-state index in [1.165, 1.54) is 0 Å². The molecule has 0 bridgehead atoms. The molecule has 0 aromatic carbocycles. The Kier molecular flexibility index (Phi) is 4.28. The molecule has 0 spiro atoms. The maximum absolute atomic E-state index is 4.50. The smallest absolute Gasteiger partial charge is 0.224 e. The molecule has 0 unspecified atom stereocenters. The zero-order chi connectivity index (χ0) is 13.7. The minimum absolute atomic E-state index is 0.657.